The van der Waals surface area contributed by atoms with Crippen LogP contribution in [0.3, 0.4) is 0 Å². The van der Waals surface area contributed by atoms with Gasteiger partial charge < -0.3 is 4.74 Å². The maximum Gasteiger partial charge on any atom is 0.0679 e. The van der Waals surface area contributed by atoms with Crippen LogP contribution in [0.5, 0.6) is 0 Å². The van der Waals surface area contributed by atoms with Crippen molar-refractivity contribution in [3.8, 4) is 0 Å². The van der Waals surface area contributed by atoms with E-state index < -0.39 is 0 Å². The minimum absolute atomic E-state index is 0.517. The molecule has 0 N–H and O–H groups in total. The molecule has 2 aliphatic carbocycles. The number of allylic oxidation sites excluding steroid dienone is 1. The summed E-state index contributed by atoms with van der Waals surface area (Å²) in [5, 5.41) is 0. The van der Waals surface area contributed by atoms with E-state index in [1.807, 2.05) is 0 Å². The standard InChI is InChI=1S/C8H11ClO/c9-4-5-10-8-6-2-1-3-7(6)8/h1-2,6-8H,3-5H2. The van der Waals surface area contributed by atoms with E-state index in [2.05, 4.69) is 12.2 Å². The van der Waals surface area contributed by atoms with Crippen LogP contribution in [0, 0.1) is 11.8 Å². The second-order valence-corrected chi connectivity index (χ2v) is 3.31. The van der Waals surface area contributed by atoms with Gasteiger partial charge in [0.1, 0.15) is 0 Å². The largest absolute Gasteiger partial charge is 0.376 e. The highest BCUT2D eigenvalue weighted by atomic mass is 35.5. The number of hydrogen-bond donors (Lipinski definition) is 0. The summed E-state index contributed by atoms with van der Waals surface area (Å²) in [6.45, 7) is 0.715. The van der Waals surface area contributed by atoms with Crippen molar-refractivity contribution in [3.05, 3.63) is 12.2 Å². The highest BCUT2D eigenvalue weighted by Crippen LogP contribution is 2.49. The summed E-state index contributed by atoms with van der Waals surface area (Å²) < 4.78 is 5.49. The molecular weight excluding hydrogens is 148 g/mol. The molecular formula is C8H11ClO. The molecule has 2 aliphatic rings. The average molecular weight is 159 g/mol. The molecule has 56 valence electrons. The SMILES string of the molecule is ClCCOC1C2C=CCC21. The van der Waals surface area contributed by atoms with Crippen LogP contribution in [-0.4, -0.2) is 18.6 Å². The van der Waals surface area contributed by atoms with Gasteiger partial charge in [-0.2, -0.15) is 0 Å². The van der Waals surface area contributed by atoms with E-state index in [0.29, 0.717) is 18.6 Å². The van der Waals surface area contributed by atoms with Crippen LogP contribution in [0.4, 0.5) is 0 Å². The van der Waals surface area contributed by atoms with Crippen molar-refractivity contribution >= 4 is 11.6 Å². The van der Waals surface area contributed by atoms with Gasteiger partial charge in [-0.1, -0.05) is 12.2 Å². The molecule has 10 heavy (non-hydrogen) atoms. The van der Waals surface area contributed by atoms with Crippen LogP contribution in [-0.2, 0) is 4.74 Å². The Morgan fingerprint density at radius 3 is 3.10 bits per heavy atom. The van der Waals surface area contributed by atoms with Crippen molar-refractivity contribution in [3.63, 3.8) is 0 Å². The number of alkyl halides is 1. The molecule has 0 aromatic heterocycles. The van der Waals surface area contributed by atoms with Crippen LogP contribution in [0.25, 0.3) is 0 Å². The van der Waals surface area contributed by atoms with Gasteiger partial charge in [0, 0.05) is 11.8 Å². The minimum Gasteiger partial charge on any atom is -0.376 e. The zero-order valence-electron chi connectivity index (χ0n) is 5.79. The Bertz CT molecular complexity index is 155. The second-order valence-electron chi connectivity index (χ2n) is 2.93. The first-order valence-electron chi connectivity index (χ1n) is 3.77. The van der Waals surface area contributed by atoms with Gasteiger partial charge in [0.25, 0.3) is 0 Å². The van der Waals surface area contributed by atoms with Gasteiger partial charge in [0.15, 0.2) is 0 Å². The molecule has 0 saturated heterocycles. The van der Waals surface area contributed by atoms with Crippen molar-refractivity contribution in [2.75, 3.05) is 12.5 Å². The van der Waals surface area contributed by atoms with E-state index in [9.17, 15) is 0 Å². The van der Waals surface area contributed by atoms with Gasteiger partial charge in [-0.15, -0.1) is 11.6 Å². The van der Waals surface area contributed by atoms with Gasteiger partial charge in [0.05, 0.1) is 12.7 Å². The third-order valence-corrected chi connectivity index (χ3v) is 2.46. The Morgan fingerprint density at radius 1 is 1.60 bits per heavy atom. The zero-order valence-corrected chi connectivity index (χ0v) is 6.55. The molecule has 0 aromatic rings. The van der Waals surface area contributed by atoms with E-state index in [0.717, 1.165) is 11.8 Å². The molecule has 1 fully saturated rings. The molecule has 0 radical (unpaired) electrons. The quantitative estimate of drug-likeness (QED) is 0.450. The van der Waals surface area contributed by atoms with E-state index in [4.69, 9.17) is 16.3 Å². The van der Waals surface area contributed by atoms with Crippen molar-refractivity contribution in [2.24, 2.45) is 11.8 Å². The number of ether oxygens (including phenoxy) is 1. The van der Waals surface area contributed by atoms with Crippen LogP contribution in [0.15, 0.2) is 12.2 Å². The fraction of sp³-hybridized carbons (Fsp3) is 0.750. The van der Waals surface area contributed by atoms with Gasteiger partial charge in [-0.25, -0.2) is 0 Å². The fourth-order valence-electron chi connectivity index (χ4n) is 1.72. The Balaban J connectivity index is 1.74. The van der Waals surface area contributed by atoms with Gasteiger partial charge in [-0.05, 0) is 12.3 Å². The first-order valence-corrected chi connectivity index (χ1v) is 4.31. The molecule has 2 heteroatoms. The lowest BCUT2D eigenvalue weighted by Gasteiger charge is -1.99. The maximum atomic E-state index is 5.49. The lowest BCUT2D eigenvalue weighted by molar-refractivity contribution is 0.117. The van der Waals surface area contributed by atoms with Crippen LogP contribution in [0.1, 0.15) is 6.42 Å². The molecule has 1 saturated carbocycles. The molecule has 0 bridgehead atoms. The van der Waals surface area contributed by atoms with Crippen molar-refractivity contribution < 1.29 is 4.74 Å². The van der Waals surface area contributed by atoms with E-state index in [1.54, 1.807) is 0 Å². The normalized spacial score (nSPS) is 41.9. The predicted octanol–water partition coefficient (Wildman–Crippen LogP) is 1.82. The lowest BCUT2D eigenvalue weighted by Crippen LogP contribution is -2.01. The average Bonchev–Trinajstić information content (AvgIpc) is 2.46. The molecule has 2 rings (SSSR count). The Kier molecular flexibility index (Phi) is 1.71. The lowest BCUT2D eigenvalue weighted by atomic mass is 10.3. The first kappa shape index (κ1) is 6.68. The predicted molar refractivity (Wildman–Crippen MR) is 41.2 cm³/mol. The highest BCUT2D eigenvalue weighted by molar-refractivity contribution is 6.17. The molecule has 0 aromatic carbocycles. The Hall–Kier alpha value is -0.0100. The summed E-state index contributed by atoms with van der Waals surface area (Å²) in [4.78, 5) is 0. The monoisotopic (exact) mass is 158 g/mol. The number of hydrogen-bond acceptors (Lipinski definition) is 1. The van der Waals surface area contributed by atoms with E-state index in [-0.39, 0.29) is 0 Å². The smallest absolute Gasteiger partial charge is 0.0679 e. The molecule has 0 spiro atoms. The third kappa shape index (κ3) is 0.977. The molecule has 3 atom stereocenters. The van der Waals surface area contributed by atoms with Crippen molar-refractivity contribution in [1.29, 1.82) is 0 Å². The molecule has 0 aliphatic heterocycles. The van der Waals surface area contributed by atoms with Gasteiger partial charge in [-0.3, -0.25) is 0 Å². The highest BCUT2D eigenvalue weighted by Gasteiger charge is 2.50. The third-order valence-electron chi connectivity index (χ3n) is 2.31. The minimum atomic E-state index is 0.517. The summed E-state index contributed by atoms with van der Waals surface area (Å²) in [5.41, 5.74) is 0. The Labute approximate surface area is 66.0 Å². The summed E-state index contributed by atoms with van der Waals surface area (Å²) in [6, 6.07) is 0. The number of fused-ring (bicyclic) bond motifs is 1. The number of rotatable bonds is 3. The molecule has 3 unspecified atom stereocenters. The summed E-state index contributed by atoms with van der Waals surface area (Å²) >= 11 is 5.49. The second kappa shape index (κ2) is 2.55. The Morgan fingerprint density at radius 2 is 2.50 bits per heavy atom. The van der Waals surface area contributed by atoms with Gasteiger partial charge in [0.2, 0.25) is 0 Å². The van der Waals surface area contributed by atoms with Crippen LogP contribution in [0.2, 0.25) is 0 Å². The summed E-state index contributed by atoms with van der Waals surface area (Å²) in [5.74, 6) is 2.17. The van der Waals surface area contributed by atoms with E-state index >= 15 is 0 Å². The zero-order chi connectivity index (χ0) is 6.97. The topological polar surface area (TPSA) is 9.23 Å². The number of halogens is 1. The molecule has 0 heterocycles. The summed E-state index contributed by atoms with van der Waals surface area (Å²) in [6.07, 6.45) is 6.25. The summed E-state index contributed by atoms with van der Waals surface area (Å²) in [7, 11) is 0. The first-order chi connectivity index (χ1) is 4.93. The maximum absolute atomic E-state index is 5.49. The van der Waals surface area contributed by atoms with Crippen LogP contribution >= 0.6 is 11.6 Å². The molecule has 0 amide bonds. The van der Waals surface area contributed by atoms with E-state index in [1.165, 1.54) is 6.42 Å². The van der Waals surface area contributed by atoms with Crippen LogP contribution < -0.4 is 0 Å². The fourth-order valence-corrected chi connectivity index (χ4v) is 1.81. The van der Waals surface area contributed by atoms with Gasteiger partial charge >= 0.3 is 0 Å². The van der Waals surface area contributed by atoms with Crippen molar-refractivity contribution in [1.82, 2.24) is 0 Å². The molecule has 1 nitrogen and oxygen atoms in total. The van der Waals surface area contributed by atoms with Crippen molar-refractivity contribution in [2.45, 2.75) is 12.5 Å².